The van der Waals surface area contributed by atoms with Crippen molar-refractivity contribution in [3.63, 3.8) is 0 Å². The number of hydrogen-bond donors (Lipinski definition) is 1. The van der Waals surface area contributed by atoms with E-state index in [9.17, 15) is 4.79 Å². The molecule has 0 saturated carbocycles. The molecule has 1 aliphatic rings. The molecule has 1 amide bonds. The number of halogens is 2. The first-order valence-corrected chi connectivity index (χ1v) is 10.1. The molecule has 0 radical (unpaired) electrons. The average Bonchev–Trinajstić information content (AvgIpc) is 2.73. The van der Waals surface area contributed by atoms with E-state index in [1.807, 2.05) is 6.07 Å². The zero-order chi connectivity index (χ0) is 19.9. The quantitative estimate of drug-likeness (QED) is 0.568. The molecule has 0 unspecified atom stereocenters. The molecule has 2 aromatic rings. The first kappa shape index (κ1) is 20.6. The van der Waals surface area contributed by atoms with Gasteiger partial charge in [0.1, 0.15) is 0 Å². The second kappa shape index (κ2) is 9.92. The molecule has 0 aromatic heterocycles. The second-order valence-corrected chi connectivity index (χ2v) is 7.61. The van der Waals surface area contributed by atoms with Gasteiger partial charge in [-0.3, -0.25) is 9.69 Å². The lowest BCUT2D eigenvalue weighted by atomic mass is 10.1. The Kier molecular flexibility index (Phi) is 7.31. The SMILES string of the molecule is C/C(=N\NC(=O)CCN1CCN(c2ccccc2)CC1)c1cc(Cl)ccc1Cl. The Bertz CT molecular complexity index is 834. The van der Waals surface area contributed by atoms with E-state index in [2.05, 4.69) is 44.6 Å². The van der Waals surface area contributed by atoms with Crippen LogP contribution in [0.25, 0.3) is 0 Å². The molecule has 3 rings (SSSR count). The summed E-state index contributed by atoms with van der Waals surface area (Å²) in [5.74, 6) is -0.108. The summed E-state index contributed by atoms with van der Waals surface area (Å²) in [4.78, 5) is 16.8. The Morgan fingerprint density at radius 1 is 1.07 bits per heavy atom. The van der Waals surface area contributed by atoms with Gasteiger partial charge in [-0.2, -0.15) is 5.10 Å². The van der Waals surface area contributed by atoms with Crippen LogP contribution in [0.3, 0.4) is 0 Å². The van der Waals surface area contributed by atoms with Gasteiger partial charge in [-0.1, -0.05) is 41.4 Å². The topological polar surface area (TPSA) is 47.9 Å². The molecule has 1 heterocycles. The first-order chi connectivity index (χ1) is 13.5. The maximum Gasteiger partial charge on any atom is 0.241 e. The molecule has 0 aliphatic carbocycles. The molecule has 5 nitrogen and oxygen atoms in total. The molecule has 0 atom stereocenters. The molecular weight excluding hydrogens is 395 g/mol. The van der Waals surface area contributed by atoms with Gasteiger partial charge < -0.3 is 4.90 Å². The highest BCUT2D eigenvalue weighted by molar-refractivity contribution is 6.36. The van der Waals surface area contributed by atoms with Crippen LogP contribution in [-0.4, -0.2) is 49.2 Å². The summed E-state index contributed by atoms with van der Waals surface area (Å²) in [6.45, 7) is 6.35. The zero-order valence-electron chi connectivity index (χ0n) is 15.9. The standard InChI is InChI=1S/C21H24Cl2N4O/c1-16(19-15-17(22)7-8-20(19)23)24-25-21(28)9-10-26-11-13-27(14-12-26)18-5-3-2-4-6-18/h2-8,15H,9-14H2,1H3,(H,25,28)/b24-16+. The Labute approximate surface area is 175 Å². The van der Waals surface area contributed by atoms with Crippen LogP contribution in [0.2, 0.25) is 10.0 Å². The van der Waals surface area contributed by atoms with Crippen molar-refractivity contribution in [2.24, 2.45) is 5.10 Å². The number of carbonyl (C=O) groups excluding carboxylic acids is 1. The molecule has 0 spiro atoms. The van der Waals surface area contributed by atoms with Crippen molar-refractivity contribution in [1.29, 1.82) is 0 Å². The maximum absolute atomic E-state index is 12.1. The minimum absolute atomic E-state index is 0.108. The van der Waals surface area contributed by atoms with Crippen LogP contribution < -0.4 is 10.3 Å². The van der Waals surface area contributed by atoms with Crippen molar-refractivity contribution in [3.05, 3.63) is 64.1 Å². The highest BCUT2D eigenvalue weighted by Crippen LogP contribution is 2.21. The van der Waals surface area contributed by atoms with E-state index in [1.54, 1.807) is 25.1 Å². The Morgan fingerprint density at radius 2 is 1.79 bits per heavy atom. The highest BCUT2D eigenvalue weighted by atomic mass is 35.5. The van der Waals surface area contributed by atoms with Gasteiger partial charge in [0, 0.05) is 60.4 Å². The summed E-state index contributed by atoms with van der Waals surface area (Å²) in [6.07, 6.45) is 0.408. The fourth-order valence-corrected chi connectivity index (χ4v) is 3.59. The van der Waals surface area contributed by atoms with E-state index in [-0.39, 0.29) is 5.91 Å². The number of hydrazone groups is 1. The third-order valence-corrected chi connectivity index (χ3v) is 5.38. The van der Waals surface area contributed by atoms with Crippen molar-refractivity contribution in [2.45, 2.75) is 13.3 Å². The van der Waals surface area contributed by atoms with Crippen LogP contribution in [-0.2, 0) is 4.79 Å². The van der Waals surface area contributed by atoms with Crippen LogP contribution in [0.5, 0.6) is 0 Å². The molecule has 28 heavy (non-hydrogen) atoms. The Balaban J connectivity index is 1.43. The fraction of sp³-hybridized carbons (Fsp3) is 0.333. The predicted octanol–water partition coefficient (Wildman–Crippen LogP) is 4.05. The van der Waals surface area contributed by atoms with Crippen molar-refractivity contribution < 1.29 is 4.79 Å². The lowest BCUT2D eigenvalue weighted by Gasteiger charge is -2.36. The van der Waals surface area contributed by atoms with E-state index in [0.717, 1.165) is 32.7 Å². The van der Waals surface area contributed by atoms with E-state index < -0.39 is 0 Å². The number of para-hydroxylation sites is 1. The summed E-state index contributed by atoms with van der Waals surface area (Å²) < 4.78 is 0. The van der Waals surface area contributed by atoms with Gasteiger partial charge in [-0.15, -0.1) is 0 Å². The van der Waals surface area contributed by atoms with Gasteiger partial charge in [0.15, 0.2) is 0 Å². The summed E-state index contributed by atoms with van der Waals surface area (Å²) >= 11 is 12.2. The number of hydrogen-bond acceptors (Lipinski definition) is 4. The van der Waals surface area contributed by atoms with Gasteiger partial charge >= 0.3 is 0 Å². The van der Waals surface area contributed by atoms with Crippen LogP contribution >= 0.6 is 23.2 Å². The minimum atomic E-state index is -0.108. The van der Waals surface area contributed by atoms with Crippen LogP contribution in [0.4, 0.5) is 5.69 Å². The van der Waals surface area contributed by atoms with Crippen molar-refractivity contribution in [3.8, 4) is 0 Å². The van der Waals surface area contributed by atoms with Crippen molar-refractivity contribution in [2.75, 3.05) is 37.6 Å². The molecule has 1 fully saturated rings. The number of nitrogens with one attached hydrogen (secondary N) is 1. The fourth-order valence-electron chi connectivity index (χ4n) is 3.17. The molecule has 0 bridgehead atoms. The van der Waals surface area contributed by atoms with E-state index in [4.69, 9.17) is 23.2 Å². The summed E-state index contributed by atoms with van der Waals surface area (Å²) in [7, 11) is 0. The van der Waals surface area contributed by atoms with Crippen LogP contribution in [0.15, 0.2) is 53.6 Å². The zero-order valence-corrected chi connectivity index (χ0v) is 17.4. The summed E-state index contributed by atoms with van der Waals surface area (Å²) in [5.41, 5.74) is 5.20. The van der Waals surface area contributed by atoms with Crippen molar-refractivity contribution in [1.82, 2.24) is 10.3 Å². The number of benzene rings is 2. The first-order valence-electron chi connectivity index (χ1n) is 9.34. The third-order valence-electron chi connectivity index (χ3n) is 4.82. The molecule has 2 aromatic carbocycles. The van der Waals surface area contributed by atoms with E-state index >= 15 is 0 Å². The van der Waals surface area contributed by atoms with Gasteiger partial charge in [-0.05, 0) is 37.3 Å². The number of nitrogens with zero attached hydrogens (tertiary/aromatic N) is 3. The maximum atomic E-state index is 12.1. The Morgan fingerprint density at radius 3 is 2.50 bits per heavy atom. The van der Waals surface area contributed by atoms with Gasteiger partial charge in [0.2, 0.25) is 5.91 Å². The third kappa shape index (κ3) is 5.71. The van der Waals surface area contributed by atoms with Gasteiger partial charge in [0.25, 0.3) is 0 Å². The van der Waals surface area contributed by atoms with E-state index in [1.165, 1.54) is 5.69 Å². The Hall–Kier alpha value is -2.08. The molecule has 148 valence electrons. The lowest BCUT2D eigenvalue weighted by Crippen LogP contribution is -2.47. The number of carbonyl (C=O) groups is 1. The van der Waals surface area contributed by atoms with Crippen LogP contribution in [0, 0.1) is 0 Å². The minimum Gasteiger partial charge on any atom is -0.369 e. The molecular formula is C21H24Cl2N4O. The van der Waals surface area contributed by atoms with Crippen molar-refractivity contribution >= 4 is 40.5 Å². The highest BCUT2D eigenvalue weighted by Gasteiger charge is 2.17. The molecule has 1 saturated heterocycles. The predicted molar refractivity (Wildman–Crippen MR) is 117 cm³/mol. The average molecular weight is 419 g/mol. The van der Waals surface area contributed by atoms with Crippen LogP contribution in [0.1, 0.15) is 18.9 Å². The summed E-state index contributed by atoms with van der Waals surface area (Å²) in [6, 6.07) is 15.6. The van der Waals surface area contributed by atoms with E-state index in [0.29, 0.717) is 27.7 Å². The summed E-state index contributed by atoms with van der Waals surface area (Å²) in [5, 5.41) is 5.29. The molecule has 1 N–H and O–H groups in total. The number of piperazine rings is 1. The lowest BCUT2D eigenvalue weighted by molar-refractivity contribution is -0.121. The molecule has 1 aliphatic heterocycles. The molecule has 7 heteroatoms. The number of amides is 1. The monoisotopic (exact) mass is 418 g/mol. The smallest absolute Gasteiger partial charge is 0.241 e. The van der Waals surface area contributed by atoms with Gasteiger partial charge in [0.05, 0.1) is 5.71 Å². The second-order valence-electron chi connectivity index (χ2n) is 6.77. The van der Waals surface area contributed by atoms with Gasteiger partial charge in [-0.25, -0.2) is 5.43 Å². The normalized spacial score (nSPS) is 15.5. The number of anilines is 1. The number of rotatable bonds is 6. The largest absolute Gasteiger partial charge is 0.369 e.